The molecule has 2 amide bonds. The Bertz CT molecular complexity index is 159. The highest BCUT2D eigenvalue weighted by Crippen LogP contribution is 2.01. The van der Waals surface area contributed by atoms with Crippen LogP contribution in [-0.2, 0) is 4.79 Å². The second-order valence-electron chi connectivity index (χ2n) is 2.93. The van der Waals surface area contributed by atoms with Crippen molar-refractivity contribution in [1.29, 1.82) is 0 Å². The van der Waals surface area contributed by atoms with E-state index in [1.54, 1.807) is 6.29 Å². The predicted molar refractivity (Wildman–Crippen MR) is 44.8 cm³/mol. The van der Waals surface area contributed by atoms with Crippen molar-refractivity contribution >= 4 is 12.3 Å². The van der Waals surface area contributed by atoms with Gasteiger partial charge in [-0.1, -0.05) is 13.8 Å². The number of carbonyl (C=O) groups excluding carboxylic acids is 2. The molecule has 0 rings (SSSR count). The van der Waals surface area contributed by atoms with Crippen LogP contribution in [0.1, 0.15) is 20.3 Å². The maximum Gasteiger partial charge on any atom is 0.326 e. The highest BCUT2D eigenvalue weighted by atomic mass is 16.2. The van der Waals surface area contributed by atoms with Crippen molar-refractivity contribution in [1.82, 2.24) is 10.9 Å². The molecule has 0 aromatic heterocycles. The molecule has 0 aliphatic rings. The van der Waals surface area contributed by atoms with Crippen LogP contribution < -0.4 is 16.6 Å². The summed E-state index contributed by atoms with van der Waals surface area (Å²) in [6.45, 7) is 3.94. The van der Waals surface area contributed by atoms with Crippen LogP contribution in [0.2, 0.25) is 0 Å². The third-order valence-electron chi connectivity index (χ3n) is 1.22. The zero-order valence-electron chi connectivity index (χ0n) is 7.26. The maximum absolute atomic E-state index is 10.3. The molecule has 0 bridgehead atoms. The van der Waals surface area contributed by atoms with Gasteiger partial charge in [0.2, 0.25) is 6.29 Å². The number of urea groups is 1. The molecule has 1 radical (unpaired) electrons. The molecule has 0 spiro atoms. The molecular weight excluding hydrogens is 158 g/mol. The van der Waals surface area contributed by atoms with E-state index in [4.69, 9.17) is 5.73 Å². The van der Waals surface area contributed by atoms with Crippen LogP contribution >= 0.6 is 0 Å². The summed E-state index contributed by atoms with van der Waals surface area (Å²) >= 11 is 0. The van der Waals surface area contributed by atoms with Crippen LogP contribution in [-0.4, -0.2) is 18.4 Å². The quantitative estimate of drug-likeness (QED) is 0.497. The molecule has 0 heterocycles. The van der Waals surface area contributed by atoms with Gasteiger partial charge in [0.1, 0.15) is 0 Å². The van der Waals surface area contributed by atoms with Crippen molar-refractivity contribution in [2.24, 2.45) is 11.7 Å². The van der Waals surface area contributed by atoms with Crippen LogP contribution in [0.5, 0.6) is 0 Å². The Balaban J connectivity index is 3.67. The lowest BCUT2D eigenvalue weighted by atomic mass is 10.1. The molecule has 1 atom stereocenters. The number of nitrogens with two attached hydrogens (primary N) is 1. The Kier molecular flexibility index (Phi) is 5.03. The Morgan fingerprint density at radius 2 is 2.17 bits per heavy atom. The molecule has 5 heteroatoms. The van der Waals surface area contributed by atoms with Crippen molar-refractivity contribution < 1.29 is 9.59 Å². The molecule has 0 fully saturated rings. The van der Waals surface area contributed by atoms with Gasteiger partial charge in [-0.2, -0.15) is 0 Å². The van der Waals surface area contributed by atoms with E-state index in [9.17, 15) is 9.59 Å². The zero-order valence-corrected chi connectivity index (χ0v) is 7.26. The third kappa shape index (κ3) is 5.67. The number of carbonyl (C=O) groups is 1. The molecule has 0 saturated carbocycles. The maximum atomic E-state index is 10.3. The summed E-state index contributed by atoms with van der Waals surface area (Å²) < 4.78 is 0. The van der Waals surface area contributed by atoms with E-state index in [-0.39, 0.29) is 0 Å². The first-order valence-electron chi connectivity index (χ1n) is 3.75. The van der Waals surface area contributed by atoms with E-state index >= 15 is 0 Å². The average molecular weight is 172 g/mol. The highest BCUT2D eigenvalue weighted by molar-refractivity contribution is 5.71. The number of rotatable bonds is 5. The molecule has 5 nitrogen and oxygen atoms in total. The van der Waals surface area contributed by atoms with Crippen molar-refractivity contribution in [2.45, 2.75) is 26.3 Å². The number of nitrogens with one attached hydrogen (secondary N) is 2. The van der Waals surface area contributed by atoms with Gasteiger partial charge in [0.15, 0.2) is 0 Å². The standard InChI is InChI=1S/C7H14N3O2/c1-5(2)3-6(4-11)9-10-7(8)12/h5-6,9H,3H2,1-2H3,(H3,8,10,12)/t6-/m0/s1. The number of hydrazine groups is 1. The number of hydrogen-bond donors (Lipinski definition) is 3. The van der Waals surface area contributed by atoms with Gasteiger partial charge in [-0.05, 0) is 12.3 Å². The molecule has 0 aliphatic heterocycles. The molecule has 4 N–H and O–H groups in total. The van der Waals surface area contributed by atoms with Crippen LogP contribution in [0, 0.1) is 5.92 Å². The van der Waals surface area contributed by atoms with E-state index in [2.05, 4.69) is 10.9 Å². The first kappa shape index (κ1) is 10.9. The Labute approximate surface area is 71.7 Å². The molecule has 12 heavy (non-hydrogen) atoms. The normalized spacial score (nSPS) is 12.6. The van der Waals surface area contributed by atoms with Crippen molar-refractivity contribution in [2.75, 3.05) is 0 Å². The second kappa shape index (κ2) is 5.54. The highest BCUT2D eigenvalue weighted by Gasteiger charge is 2.09. The second-order valence-corrected chi connectivity index (χ2v) is 2.93. The summed E-state index contributed by atoms with van der Waals surface area (Å²) in [5.74, 6) is 0.360. The first-order valence-corrected chi connectivity index (χ1v) is 3.75. The molecular formula is C7H14N3O2. The fourth-order valence-corrected chi connectivity index (χ4v) is 0.766. The molecule has 69 valence electrons. The summed E-state index contributed by atoms with van der Waals surface area (Å²) in [5, 5.41) is 0. The lowest BCUT2D eigenvalue weighted by molar-refractivity contribution is 0.242. The molecule has 0 aromatic rings. The fourth-order valence-electron chi connectivity index (χ4n) is 0.766. The van der Waals surface area contributed by atoms with Gasteiger partial charge in [-0.15, -0.1) is 0 Å². The molecule has 0 aliphatic carbocycles. The van der Waals surface area contributed by atoms with E-state index in [0.29, 0.717) is 12.3 Å². The minimum Gasteiger partial charge on any atom is -0.351 e. The van der Waals surface area contributed by atoms with E-state index in [1.165, 1.54) is 0 Å². The summed E-state index contributed by atoms with van der Waals surface area (Å²) in [7, 11) is 0. The largest absolute Gasteiger partial charge is 0.351 e. The fraction of sp³-hybridized carbons (Fsp3) is 0.714. The first-order chi connectivity index (χ1) is 5.56. The lowest BCUT2D eigenvalue weighted by Crippen LogP contribution is -2.47. The van der Waals surface area contributed by atoms with Gasteiger partial charge in [-0.3, -0.25) is 10.2 Å². The van der Waals surface area contributed by atoms with Crippen LogP contribution in [0.4, 0.5) is 4.79 Å². The smallest absolute Gasteiger partial charge is 0.326 e. The van der Waals surface area contributed by atoms with Gasteiger partial charge in [-0.25, -0.2) is 10.2 Å². The molecule has 0 unspecified atom stereocenters. The van der Waals surface area contributed by atoms with E-state index in [1.807, 2.05) is 13.8 Å². The summed E-state index contributed by atoms with van der Waals surface area (Å²) in [6, 6.07) is -1.20. The summed E-state index contributed by atoms with van der Waals surface area (Å²) in [5.41, 5.74) is 9.36. The van der Waals surface area contributed by atoms with Crippen LogP contribution in [0.25, 0.3) is 0 Å². The van der Waals surface area contributed by atoms with Crippen molar-refractivity contribution in [3.05, 3.63) is 0 Å². The van der Waals surface area contributed by atoms with Crippen LogP contribution in [0.15, 0.2) is 0 Å². The third-order valence-corrected chi connectivity index (χ3v) is 1.22. The van der Waals surface area contributed by atoms with Crippen molar-refractivity contribution in [3.63, 3.8) is 0 Å². The van der Waals surface area contributed by atoms with E-state index in [0.717, 1.165) is 0 Å². The monoisotopic (exact) mass is 172 g/mol. The number of hydrogen-bond acceptors (Lipinski definition) is 3. The van der Waals surface area contributed by atoms with Gasteiger partial charge >= 0.3 is 6.03 Å². The van der Waals surface area contributed by atoms with Crippen molar-refractivity contribution in [3.8, 4) is 0 Å². The van der Waals surface area contributed by atoms with Gasteiger partial charge < -0.3 is 5.73 Å². The zero-order chi connectivity index (χ0) is 9.56. The number of primary amides is 1. The van der Waals surface area contributed by atoms with Gasteiger partial charge in [0.25, 0.3) is 0 Å². The van der Waals surface area contributed by atoms with Gasteiger partial charge in [0.05, 0.1) is 6.04 Å². The lowest BCUT2D eigenvalue weighted by Gasteiger charge is -2.13. The molecule has 0 aromatic carbocycles. The van der Waals surface area contributed by atoms with Crippen LogP contribution in [0.3, 0.4) is 0 Å². The molecule has 0 saturated heterocycles. The Morgan fingerprint density at radius 1 is 1.58 bits per heavy atom. The summed E-state index contributed by atoms with van der Waals surface area (Å²) in [4.78, 5) is 20.5. The predicted octanol–water partition coefficient (Wildman–Crippen LogP) is -0.316. The Hall–Kier alpha value is -1.10. The number of amides is 2. The minimum absolute atomic E-state index is 0.360. The average Bonchev–Trinajstić information content (AvgIpc) is 1.97. The Morgan fingerprint density at radius 3 is 2.50 bits per heavy atom. The summed E-state index contributed by atoms with van der Waals surface area (Å²) in [6.07, 6.45) is 2.37. The topological polar surface area (TPSA) is 84.2 Å². The van der Waals surface area contributed by atoms with E-state index < -0.39 is 12.1 Å². The van der Waals surface area contributed by atoms with Gasteiger partial charge in [0, 0.05) is 0 Å². The SMILES string of the molecule is CC(C)C[C@@H]([C]=O)NNC(N)=O. The minimum atomic E-state index is -0.709.